The Kier molecular flexibility index (Phi) is 9.54. The van der Waals surface area contributed by atoms with E-state index in [4.69, 9.17) is 0 Å². The zero-order valence-electron chi connectivity index (χ0n) is 16.9. The lowest BCUT2D eigenvalue weighted by molar-refractivity contribution is 0.235. The molecule has 1 aromatic carbocycles. The van der Waals surface area contributed by atoms with Crippen LogP contribution in [-0.4, -0.2) is 34.2 Å². The number of halogens is 1. The molecule has 0 spiro atoms. The predicted molar refractivity (Wildman–Crippen MR) is 124 cm³/mol. The van der Waals surface area contributed by atoms with Gasteiger partial charge in [0.1, 0.15) is 0 Å². The third kappa shape index (κ3) is 7.60. The minimum absolute atomic E-state index is 0. The van der Waals surface area contributed by atoms with Crippen LogP contribution in [0.25, 0.3) is 0 Å². The van der Waals surface area contributed by atoms with Crippen LogP contribution in [0.3, 0.4) is 0 Å². The molecule has 2 rings (SSSR count). The summed E-state index contributed by atoms with van der Waals surface area (Å²) in [6, 6.07) is 6.99. The maximum Gasteiger partial charge on any atom is 0.191 e. The second-order valence-electron chi connectivity index (χ2n) is 8.00. The highest BCUT2D eigenvalue weighted by atomic mass is 127. The number of nitrogens with one attached hydrogen (secondary N) is 2. The molecule has 0 amide bonds. The second kappa shape index (κ2) is 10.6. The fourth-order valence-electron chi connectivity index (χ4n) is 3.98. The van der Waals surface area contributed by atoms with Gasteiger partial charge in [0.25, 0.3) is 0 Å². The van der Waals surface area contributed by atoms with E-state index in [-0.39, 0.29) is 24.0 Å². The number of benzene rings is 1. The van der Waals surface area contributed by atoms with E-state index in [9.17, 15) is 8.42 Å². The third-order valence-corrected chi connectivity index (χ3v) is 6.30. The fourth-order valence-corrected chi connectivity index (χ4v) is 4.61. The standard InChI is InChI=1S/C20H33N3O2S.HI/c1-16(2)13-20(11-5-6-12-20)15-23-19(21-3)22-14-17-7-9-18(10-8-17)26(4,24)25;/h7-10,16H,5-6,11-15H2,1-4H3,(H2,21,22,23);1H. The lowest BCUT2D eigenvalue weighted by Crippen LogP contribution is -2.43. The molecular formula is C20H34IN3O2S. The summed E-state index contributed by atoms with van der Waals surface area (Å²) in [5.41, 5.74) is 1.42. The van der Waals surface area contributed by atoms with Crippen molar-refractivity contribution in [1.29, 1.82) is 0 Å². The van der Waals surface area contributed by atoms with Gasteiger partial charge in [-0.1, -0.05) is 38.8 Å². The van der Waals surface area contributed by atoms with Gasteiger partial charge in [-0.05, 0) is 48.3 Å². The summed E-state index contributed by atoms with van der Waals surface area (Å²) >= 11 is 0. The molecule has 0 bridgehead atoms. The first-order valence-electron chi connectivity index (χ1n) is 9.48. The molecule has 0 unspecified atom stereocenters. The molecule has 1 aliphatic rings. The zero-order valence-corrected chi connectivity index (χ0v) is 20.1. The smallest absolute Gasteiger partial charge is 0.191 e. The topological polar surface area (TPSA) is 70.6 Å². The summed E-state index contributed by atoms with van der Waals surface area (Å²) < 4.78 is 23.1. The average Bonchev–Trinajstić information content (AvgIpc) is 3.02. The van der Waals surface area contributed by atoms with Crippen LogP contribution < -0.4 is 10.6 Å². The molecule has 27 heavy (non-hydrogen) atoms. The molecule has 1 aromatic rings. The number of aliphatic imine (C=N–C) groups is 1. The molecule has 0 atom stereocenters. The lowest BCUT2D eigenvalue weighted by atomic mass is 9.78. The summed E-state index contributed by atoms with van der Waals surface area (Å²) in [7, 11) is -1.36. The van der Waals surface area contributed by atoms with Crippen LogP contribution in [0, 0.1) is 11.3 Å². The first-order chi connectivity index (χ1) is 12.2. The minimum atomic E-state index is -3.15. The lowest BCUT2D eigenvalue weighted by Gasteiger charge is -2.32. The Hall–Kier alpha value is -0.830. The number of hydrogen-bond acceptors (Lipinski definition) is 3. The normalized spacial score (nSPS) is 16.9. The van der Waals surface area contributed by atoms with Gasteiger partial charge in [-0.3, -0.25) is 4.99 Å². The van der Waals surface area contributed by atoms with Crippen molar-refractivity contribution >= 4 is 39.8 Å². The molecule has 154 valence electrons. The Morgan fingerprint density at radius 1 is 1.15 bits per heavy atom. The number of nitrogens with zero attached hydrogens (tertiary/aromatic N) is 1. The molecule has 1 fully saturated rings. The second-order valence-corrected chi connectivity index (χ2v) is 10.0. The maximum absolute atomic E-state index is 11.5. The van der Waals surface area contributed by atoms with Gasteiger partial charge in [-0.25, -0.2) is 8.42 Å². The molecule has 1 saturated carbocycles. The van der Waals surface area contributed by atoms with Gasteiger partial charge >= 0.3 is 0 Å². The van der Waals surface area contributed by atoms with Gasteiger partial charge in [-0.2, -0.15) is 0 Å². The summed E-state index contributed by atoms with van der Waals surface area (Å²) in [6.45, 7) is 6.17. The Morgan fingerprint density at radius 3 is 2.22 bits per heavy atom. The van der Waals surface area contributed by atoms with Gasteiger partial charge in [0.2, 0.25) is 0 Å². The van der Waals surface area contributed by atoms with Gasteiger partial charge in [0.05, 0.1) is 4.90 Å². The van der Waals surface area contributed by atoms with Crippen molar-refractivity contribution in [2.24, 2.45) is 16.3 Å². The van der Waals surface area contributed by atoms with Gasteiger partial charge in [0, 0.05) is 26.4 Å². The summed E-state index contributed by atoms with van der Waals surface area (Å²) in [6.07, 6.45) is 7.72. The van der Waals surface area contributed by atoms with Crippen molar-refractivity contribution < 1.29 is 8.42 Å². The molecule has 0 heterocycles. The Labute approximate surface area is 181 Å². The van der Waals surface area contributed by atoms with Crippen LogP contribution in [0.2, 0.25) is 0 Å². The largest absolute Gasteiger partial charge is 0.356 e. The molecule has 0 aliphatic heterocycles. The summed E-state index contributed by atoms with van der Waals surface area (Å²) in [5.74, 6) is 1.51. The van der Waals surface area contributed by atoms with E-state index in [2.05, 4.69) is 29.5 Å². The first kappa shape index (κ1) is 24.2. The van der Waals surface area contributed by atoms with Crippen LogP contribution in [0.5, 0.6) is 0 Å². The van der Waals surface area contributed by atoms with E-state index < -0.39 is 9.84 Å². The monoisotopic (exact) mass is 507 g/mol. The highest BCUT2D eigenvalue weighted by molar-refractivity contribution is 14.0. The van der Waals surface area contributed by atoms with Gasteiger partial charge < -0.3 is 10.6 Å². The molecule has 0 radical (unpaired) electrons. The Balaban J connectivity index is 0.00000364. The molecular weight excluding hydrogens is 473 g/mol. The molecule has 1 aliphatic carbocycles. The quantitative estimate of drug-likeness (QED) is 0.333. The predicted octanol–water partition coefficient (Wildman–Crippen LogP) is 3.98. The number of hydrogen-bond donors (Lipinski definition) is 2. The van der Waals surface area contributed by atoms with Crippen LogP contribution in [0.15, 0.2) is 34.2 Å². The van der Waals surface area contributed by atoms with E-state index in [0.29, 0.717) is 22.8 Å². The number of rotatable bonds is 7. The summed E-state index contributed by atoms with van der Waals surface area (Å²) in [4.78, 5) is 4.68. The minimum Gasteiger partial charge on any atom is -0.356 e. The van der Waals surface area contributed by atoms with Crippen LogP contribution in [0.1, 0.15) is 51.5 Å². The van der Waals surface area contributed by atoms with Gasteiger partial charge in [0.15, 0.2) is 15.8 Å². The van der Waals surface area contributed by atoms with Crippen LogP contribution in [0.4, 0.5) is 0 Å². The van der Waals surface area contributed by atoms with E-state index in [1.54, 1.807) is 19.2 Å². The third-order valence-electron chi connectivity index (χ3n) is 5.17. The van der Waals surface area contributed by atoms with E-state index in [1.807, 2.05) is 12.1 Å². The molecule has 2 N–H and O–H groups in total. The van der Waals surface area contributed by atoms with Crippen molar-refractivity contribution in [1.82, 2.24) is 10.6 Å². The van der Waals surface area contributed by atoms with Crippen molar-refractivity contribution in [2.75, 3.05) is 19.8 Å². The van der Waals surface area contributed by atoms with Crippen LogP contribution in [-0.2, 0) is 16.4 Å². The summed E-state index contributed by atoms with van der Waals surface area (Å²) in [5, 5.41) is 6.83. The molecule has 0 saturated heterocycles. The van der Waals surface area contributed by atoms with E-state index in [0.717, 1.165) is 18.1 Å². The molecule has 0 aromatic heterocycles. The van der Waals surface area contributed by atoms with Crippen molar-refractivity contribution in [3.05, 3.63) is 29.8 Å². The van der Waals surface area contributed by atoms with Crippen molar-refractivity contribution in [2.45, 2.75) is 57.4 Å². The molecule has 5 nitrogen and oxygen atoms in total. The van der Waals surface area contributed by atoms with Crippen molar-refractivity contribution in [3.8, 4) is 0 Å². The number of sulfone groups is 1. The fraction of sp³-hybridized carbons (Fsp3) is 0.650. The number of guanidine groups is 1. The maximum atomic E-state index is 11.5. The highest BCUT2D eigenvalue weighted by Gasteiger charge is 2.34. The first-order valence-corrected chi connectivity index (χ1v) is 11.4. The molecule has 7 heteroatoms. The van der Waals surface area contributed by atoms with Crippen molar-refractivity contribution in [3.63, 3.8) is 0 Å². The van der Waals surface area contributed by atoms with Crippen LogP contribution >= 0.6 is 24.0 Å². The van der Waals surface area contributed by atoms with E-state index in [1.165, 1.54) is 38.4 Å². The average molecular weight is 507 g/mol. The Bertz CT molecular complexity index is 709. The zero-order chi connectivity index (χ0) is 19.2. The Morgan fingerprint density at radius 2 is 1.74 bits per heavy atom. The highest BCUT2D eigenvalue weighted by Crippen LogP contribution is 2.42. The SMILES string of the molecule is CN=C(NCc1ccc(S(C)(=O)=O)cc1)NCC1(CC(C)C)CCCC1.I. The van der Waals surface area contributed by atoms with E-state index >= 15 is 0 Å². The van der Waals surface area contributed by atoms with Gasteiger partial charge in [-0.15, -0.1) is 24.0 Å².